The number of urea groups is 1. The van der Waals surface area contributed by atoms with Gasteiger partial charge < -0.3 is 14.4 Å². The highest BCUT2D eigenvalue weighted by Crippen LogP contribution is 2.47. The van der Waals surface area contributed by atoms with E-state index in [0.717, 1.165) is 35.4 Å². The molecule has 2 amide bonds. The zero-order chi connectivity index (χ0) is 26.5. The fourth-order valence-electron chi connectivity index (χ4n) is 4.02. The molecule has 36 heavy (non-hydrogen) atoms. The van der Waals surface area contributed by atoms with Gasteiger partial charge in [0.1, 0.15) is 11.6 Å². The molecule has 0 spiro atoms. The Morgan fingerprint density at radius 2 is 1.81 bits per heavy atom. The Morgan fingerprint density at radius 3 is 2.36 bits per heavy atom. The van der Waals surface area contributed by atoms with Gasteiger partial charge in [0.25, 0.3) is 0 Å². The van der Waals surface area contributed by atoms with Gasteiger partial charge in [-0.3, -0.25) is 9.69 Å². The fraction of sp³-hybridized carbons (Fsp3) is 0.464. The molecule has 194 valence electrons. The number of esters is 1. The second-order valence-corrected chi connectivity index (χ2v) is 10.1. The first-order valence-corrected chi connectivity index (χ1v) is 12.7. The van der Waals surface area contributed by atoms with Crippen LogP contribution in [0.5, 0.6) is 5.75 Å². The van der Waals surface area contributed by atoms with E-state index in [-0.39, 0.29) is 18.1 Å². The van der Waals surface area contributed by atoms with Gasteiger partial charge >= 0.3 is 12.0 Å². The molecule has 0 saturated heterocycles. The number of carbonyl (C=O) groups is 2. The van der Waals surface area contributed by atoms with Crippen LogP contribution in [0.25, 0.3) is 0 Å². The lowest BCUT2D eigenvalue weighted by Gasteiger charge is -2.30. The average molecular weight is 514 g/mol. The number of hydrogen-bond donors (Lipinski definition) is 0. The monoisotopic (exact) mass is 513 g/mol. The van der Waals surface area contributed by atoms with Crippen molar-refractivity contribution >= 4 is 35.1 Å². The lowest BCUT2D eigenvalue weighted by Crippen LogP contribution is -2.46. The minimum atomic E-state index is -0.610. The maximum absolute atomic E-state index is 13.6. The lowest BCUT2D eigenvalue weighted by molar-refractivity contribution is -0.150. The summed E-state index contributed by atoms with van der Waals surface area (Å²) in [5.74, 6) is 1.11. The van der Waals surface area contributed by atoms with Gasteiger partial charge in [-0.25, -0.2) is 9.79 Å². The molecule has 1 fully saturated rings. The summed E-state index contributed by atoms with van der Waals surface area (Å²) in [5.41, 5.74) is 2.00. The van der Waals surface area contributed by atoms with Crippen molar-refractivity contribution in [2.75, 3.05) is 20.2 Å². The zero-order valence-electron chi connectivity index (χ0n) is 22.0. The Kier molecular flexibility index (Phi) is 9.01. The maximum Gasteiger partial charge on any atom is 0.325 e. The minimum absolute atomic E-state index is 0.0761. The Bertz CT molecular complexity index is 1110. The molecule has 0 aliphatic heterocycles. The summed E-state index contributed by atoms with van der Waals surface area (Å²) >= 11 is 6.06. The molecule has 8 heteroatoms. The van der Waals surface area contributed by atoms with E-state index in [2.05, 4.69) is 0 Å². The van der Waals surface area contributed by atoms with Gasteiger partial charge in [-0.05, 0) is 88.9 Å². The molecule has 0 unspecified atom stereocenters. The normalized spacial score (nSPS) is 14.4. The fourth-order valence-corrected chi connectivity index (χ4v) is 4.14. The SMILES string of the molecule is CCOC(=O)C1(CN(C)C(=O)N(Cc2ccc(Cl)cc2)/C(C)=N/c2ccc(OC(C)C)c(C)c2)CC1. The van der Waals surface area contributed by atoms with Crippen molar-refractivity contribution in [3.8, 4) is 5.75 Å². The van der Waals surface area contributed by atoms with E-state index in [9.17, 15) is 9.59 Å². The number of aliphatic imine (C=N–C) groups is 1. The van der Waals surface area contributed by atoms with E-state index in [1.54, 1.807) is 35.9 Å². The van der Waals surface area contributed by atoms with Gasteiger partial charge in [-0.2, -0.15) is 0 Å². The molecule has 0 heterocycles. The van der Waals surface area contributed by atoms with E-state index in [4.69, 9.17) is 26.1 Å². The quantitative estimate of drug-likeness (QED) is 0.221. The summed E-state index contributed by atoms with van der Waals surface area (Å²) in [4.78, 5) is 34.1. The predicted octanol–water partition coefficient (Wildman–Crippen LogP) is 6.38. The molecule has 1 aliphatic carbocycles. The van der Waals surface area contributed by atoms with Crippen molar-refractivity contribution in [3.63, 3.8) is 0 Å². The third-order valence-electron chi connectivity index (χ3n) is 6.12. The van der Waals surface area contributed by atoms with Crippen molar-refractivity contribution in [1.29, 1.82) is 0 Å². The molecular formula is C28H36ClN3O4. The number of halogens is 1. The van der Waals surface area contributed by atoms with Crippen LogP contribution in [0.2, 0.25) is 5.02 Å². The summed E-state index contributed by atoms with van der Waals surface area (Å²) in [7, 11) is 1.71. The number of ether oxygens (including phenoxy) is 2. The van der Waals surface area contributed by atoms with Gasteiger partial charge in [0.05, 0.1) is 30.4 Å². The molecule has 3 rings (SSSR count). The molecule has 0 radical (unpaired) electrons. The number of amides is 2. The van der Waals surface area contributed by atoms with E-state index in [0.29, 0.717) is 30.6 Å². The summed E-state index contributed by atoms with van der Waals surface area (Å²) < 4.78 is 11.1. The standard InChI is InChI=1S/C28H36ClN3O4/c1-7-35-26(33)28(14-15-28)18-31(6)27(34)32(17-22-8-10-23(29)11-9-22)21(5)30-24-12-13-25(20(4)16-24)36-19(2)3/h8-13,16,19H,7,14-15,17-18H2,1-6H3/b30-21+. The number of benzene rings is 2. The molecule has 0 atom stereocenters. The van der Waals surface area contributed by atoms with Crippen LogP contribution in [0.4, 0.5) is 10.5 Å². The summed E-state index contributed by atoms with van der Waals surface area (Å²) in [6.07, 6.45) is 1.52. The van der Waals surface area contributed by atoms with E-state index in [1.807, 2.05) is 58.0 Å². The first kappa shape index (κ1) is 27.5. The van der Waals surface area contributed by atoms with Crippen LogP contribution in [-0.2, 0) is 16.1 Å². The smallest absolute Gasteiger partial charge is 0.325 e. The first-order valence-electron chi connectivity index (χ1n) is 12.3. The number of rotatable bonds is 9. The number of hydrogen-bond acceptors (Lipinski definition) is 5. The van der Waals surface area contributed by atoms with Crippen molar-refractivity contribution in [2.24, 2.45) is 10.4 Å². The van der Waals surface area contributed by atoms with Crippen molar-refractivity contribution in [2.45, 2.75) is 60.1 Å². The second-order valence-electron chi connectivity index (χ2n) is 9.63. The first-order chi connectivity index (χ1) is 17.0. The zero-order valence-corrected chi connectivity index (χ0v) is 22.8. The predicted molar refractivity (Wildman–Crippen MR) is 143 cm³/mol. The number of carbonyl (C=O) groups excluding carboxylic acids is 2. The van der Waals surface area contributed by atoms with Gasteiger partial charge in [0.15, 0.2) is 0 Å². The lowest BCUT2D eigenvalue weighted by atomic mass is 10.1. The topological polar surface area (TPSA) is 71.4 Å². The largest absolute Gasteiger partial charge is 0.491 e. The Morgan fingerprint density at radius 1 is 1.14 bits per heavy atom. The van der Waals surface area contributed by atoms with Crippen molar-refractivity contribution in [1.82, 2.24) is 9.80 Å². The summed E-state index contributed by atoms with van der Waals surface area (Å²) in [5, 5.41) is 0.628. The minimum Gasteiger partial charge on any atom is -0.491 e. The molecular weight excluding hydrogens is 478 g/mol. The van der Waals surface area contributed by atoms with Gasteiger partial charge in [-0.1, -0.05) is 23.7 Å². The van der Waals surface area contributed by atoms with E-state index >= 15 is 0 Å². The Hall–Kier alpha value is -3.06. The van der Waals surface area contributed by atoms with Crippen LogP contribution < -0.4 is 4.74 Å². The molecule has 2 aromatic rings. The molecule has 0 aromatic heterocycles. The third-order valence-corrected chi connectivity index (χ3v) is 6.37. The maximum atomic E-state index is 13.6. The Balaban J connectivity index is 1.86. The molecule has 2 aromatic carbocycles. The average Bonchev–Trinajstić information content (AvgIpc) is 3.60. The second kappa shape index (κ2) is 11.8. The van der Waals surface area contributed by atoms with E-state index < -0.39 is 5.41 Å². The van der Waals surface area contributed by atoms with Crippen LogP contribution in [0, 0.1) is 12.3 Å². The Labute approximate surface area is 219 Å². The molecule has 0 bridgehead atoms. The third kappa shape index (κ3) is 7.00. The van der Waals surface area contributed by atoms with Crippen LogP contribution in [0.1, 0.15) is 51.7 Å². The van der Waals surface area contributed by atoms with Crippen molar-refractivity contribution in [3.05, 3.63) is 58.6 Å². The summed E-state index contributed by atoms with van der Waals surface area (Å²) in [6.45, 7) is 10.5. The number of amidine groups is 1. The van der Waals surface area contributed by atoms with Gasteiger partial charge in [-0.15, -0.1) is 0 Å². The van der Waals surface area contributed by atoms with Gasteiger partial charge in [0, 0.05) is 18.6 Å². The highest BCUT2D eigenvalue weighted by molar-refractivity contribution is 6.30. The molecule has 7 nitrogen and oxygen atoms in total. The highest BCUT2D eigenvalue weighted by Gasteiger charge is 2.52. The molecule has 0 N–H and O–H groups in total. The highest BCUT2D eigenvalue weighted by atomic mass is 35.5. The molecule has 1 saturated carbocycles. The van der Waals surface area contributed by atoms with Crippen LogP contribution >= 0.6 is 11.6 Å². The van der Waals surface area contributed by atoms with Gasteiger partial charge in [0.2, 0.25) is 0 Å². The van der Waals surface area contributed by atoms with E-state index in [1.165, 1.54) is 0 Å². The number of aryl methyl sites for hydroxylation is 1. The summed E-state index contributed by atoms with van der Waals surface area (Å²) in [6, 6.07) is 12.9. The van der Waals surface area contributed by atoms with Crippen LogP contribution in [-0.4, -0.2) is 53.9 Å². The van der Waals surface area contributed by atoms with Crippen molar-refractivity contribution < 1.29 is 19.1 Å². The van der Waals surface area contributed by atoms with Crippen LogP contribution in [0.15, 0.2) is 47.5 Å². The number of nitrogens with zero attached hydrogens (tertiary/aromatic N) is 3. The van der Waals surface area contributed by atoms with Crippen LogP contribution in [0.3, 0.4) is 0 Å². The molecule has 1 aliphatic rings.